The molecule has 4 rings (SSSR count). The smallest absolute Gasteiger partial charge is 0.243 e. The lowest BCUT2D eigenvalue weighted by Crippen LogP contribution is -2.50. The summed E-state index contributed by atoms with van der Waals surface area (Å²) in [6.45, 7) is 2.87. The third-order valence-corrected chi connectivity index (χ3v) is 6.23. The molecule has 0 amide bonds. The Hall–Kier alpha value is -1.73. The van der Waals surface area contributed by atoms with Gasteiger partial charge in [-0.05, 0) is 31.9 Å². The minimum absolute atomic E-state index is 0.0974. The van der Waals surface area contributed by atoms with Crippen molar-refractivity contribution < 1.29 is 8.42 Å². The fourth-order valence-corrected chi connectivity index (χ4v) is 4.19. The van der Waals surface area contributed by atoms with Gasteiger partial charge in [0.25, 0.3) is 0 Å². The first-order chi connectivity index (χ1) is 10.5. The van der Waals surface area contributed by atoms with E-state index >= 15 is 0 Å². The van der Waals surface area contributed by atoms with Crippen LogP contribution in [0.3, 0.4) is 0 Å². The molecule has 0 unspecified atom stereocenters. The average molecular weight is 318 g/mol. The summed E-state index contributed by atoms with van der Waals surface area (Å²) in [5.41, 5.74) is 2.09. The number of hydrogen-bond donors (Lipinski definition) is 0. The van der Waals surface area contributed by atoms with Gasteiger partial charge in [-0.2, -0.15) is 4.31 Å². The molecule has 0 spiro atoms. The standard InChI is InChI=1S/C15H18N4O2S/c1-11-2-6-14(7-3-11)22(20,21)18-8-13(9-18)19-10-15(16-17-19)12-4-5-12/h2-3,6-7,10,12-13H,4-5,8-9H2,1H3. The zero-order valence-corrected chi connectivity index (χ0v) is 13.2. The maximum absolute atomic E-state index is 12.5. The van der Waals surface area contributed by atoms with Crippen molar-refractivity contribution in [3.8, 4) is 0 Å². The molecule has 0 bridgehead atoms. The summed E-state index contributed by atoms with van der Waals surface area (Å²) in [6.07, 6.45) is 4.35. The Morgan fingerprint density at radius 1 is 1.14 bits per heavy atom. The number of hydrogen-bond acceptors (Lipinski definition) is 4. The van der Waals surface area contributed by atoms with Crippen LogP contribution < -0.4 is 0 Å². The fourth-order valence-electron chi connectivity index (χ4n) is 2.67. The molecule has 2 heterocycles. The van der Waals surface area contributed by atoms with E-state index in [9.17, 15) is 8.42 Å². The average Bonchev–Trinajstić information content (AvgIpc) is 3.17. The highest BCUT2D eigenvalue weighted by molar-refractivity contribution is 7.89. The number of rotatable bonds is 4. The summed E-state index contributed by atoms with van der Waals surface area (Å²) in [5, 5.41) is 8.33. The third-order valence-electron chi connectivity index (χ3n) is 4.39. The predicted octanol–water partition coefficient (Wildman–Crippen LogP) is 1.71. The van der Waals surface area contributed by atoms with Gasteiger partial charge in [0.05, 0.1) is 16.6 Å². The van der Waals surface area contributed by atoms with Crippen LogP contribution in [0.4, 0.5) is 0 Å². The van der Waals surface area contributed by atoms with Gasteiger partial charge < -0.3 is 0 Å². The van der Waals surface area contributed by atoms with E-state index in [1.807, 2.05) is 29.9 Å². The van der Waals surface area contributed by atoms with Crippen LogP contribution in [0.2, 0.25) is 0 Å². The highest BCUT2D eigenvalue weighted by Crippen LogP contribution is 2.39. The molecule has 0 atom stereocenters. The van der Waals surface area contributed by atoms with E-state index in [4.69, 9.17) is 0 Å². The lowest BCUT2D eigenvalue weighted by Gasteiger charge is -2.37. The zero-order valence-electron chi connectivity index (χ0n) is 12.4. The zero-order chi connectivity index (χ0) is 15.3. The number of benzene rings is 1. The van der Waals surface area contributed by atoms with E-state index in [2.05, 4.69) is 10.3 Å². The first-order valence-electron chi connectivity index (χ1n) is 7.52. The summed E-state index contributed by atoms with van der Waals surface area (Å²) in [7, 11) is -3.39. The van der Waals surface area contributed by atoms with Crippen LogP contribution in [0.5, 0.6) is 0 Å². The van der Waals surface area contributed by atoms with E-state index < -0.39 is 10.0 Å². The van der Waals surface area contributed by atoms with Gasteiger partial charge in [0.1, 0.15) is 0 Å². The van der Waals surface area contributed by atoms with Gasteiger partial charge in [0.15, 0.2) is 0 Å². The van der Waals surface area contributed by atoms with Crippen LogP contribution >= 0.6 is 0 Å². The van der Waals surface area contributed by atoms with E-state index in [0.29, 0.717) is 23.9 Å². The summed E-state index contributed by atoms with van der Waals surface area (Å²) in [4.78, 5) is 0.355. The lowest BCUT2D eigenvalue weighted by molar-refractivity contribution is 0.189. The summed E-state index contributed by atoms with van der Waals surface area (Å²) in [6, 6.07) is 7.07. The van der Waals surface area contributed by atoms with E-state index in [1.165, 1.54) is 17.1 Å². The van der Waals surface area contributed by atoms with Gasteiger partial charge in [-0.3, -0.25) is 0 Å². The van der Waals surface area contributed by atoms with Crippen LogP contribution in [0.1, 0.15) is 36.1 Å². The van der Waals surface area contributed by atoms with E-state index in [1.54, 1.807) is 12.1 Å². The lowest BCUT2D eigenvalue weighted by atomic mass is 10.2. The van der Waals surface area contributed by atoms with Crippen LogP contribution in [0.25, 0.3) is 0 Å². The Labute approximate surface area is 129 Å². The molecule has 2 aromatic rings. The van der Waals surface area contributed by atoms with Crippen LogP contribution in [0, 0.1) is 6.92 Å². The minimum atomic E-state index is -3.39. The molecule has 1 saturated carbocycles. The van der Waals surface area contributed by atoms with Gasteiger partial charge >= 0.3 is 0 Å². The molecule has 2 fully saturated rings. The van der Waals surface area contributed by atoms with Crippen molar-refractivity contribution in [1.82, 2.24) is 19.3 Å². The van der Waals surface area contributed by atoms with Gasteiger partial charge in [-0.1, -0.05) is 22.9 Å². The van der Waals surface area contributed by atoms with Gasteiger partial charge in [-0.15, -0.1) is 5.10 Å². The maximum Gasteiger partial charge on any atom is 0.243 e. The molecule has 1 aliphatic carbocycles. The minimum Gasteiger partial charge on any atom is -0.247 e. The van der Waals surface area contributed by atoms with Crippen LogP contribution in [-0.4, -0.2) is 40.8 Å². The normalized spacial score (nSPS) is 20.0. The molecule has 1 aromatic heterocycles. The van der Waals surface area contributed by atoms with Crippen molar-refractivity contribution in [2.45, 2.75) is 36.6 Å². The van der Waals surface area contributed by atoms with Crippen molar-refractivity contribution in [3.05, 3.63) is 41.7 Å². The fraction of sp³-hybridized carbons (Fsp3) is 0.467. The van der Waals surface area contributed by atoms with Crippen molar-refractivity contribution in [2.75, 3.05) is 13.1 Å². The molecular formula is C15H18N4O2S. The SMILES string of the molecule is Cc1ccc(S(=O)(=O)N2CC(n3cc(C4CC4)nn3)C2)cc1. The Bertz CT molecular complexity index is 787. The third kappa shape index (κ3) is 2.34. The molecule has 1 aliphatic heterocycles. The molecule has 7 heteroatoms. The summed E-state index contributed by atoms with van der Waals surface area (Å²) < 4.78 is 28.3. The van der Waals surface area contributed by atoms with Crippen LogP contribution in [-0.2, 0) is 10.0 Å². The molecule has 1 saturated heterocycles. The second-order valence-electron chi connectivity index (χ2n) is 6.19. The molecule has 0 N–H and O–H groups in total. The number of aryl methyl sites for hydroxylation is 1. The number of aromatic nitrogens is 3. The predicted molar refractivity (Wildman–Crippen MR) is 81.0 cm³/mol. The van der Waals surface area contributed by atoms with Crippen LogP contribution in [0.15, 0.2) is 35.4 Å². The Morgan fingerprint density at radius 3 is 2.45 bits per heavy atom. The largest absolute Gasteiger partial charge is 0.247 e. The second-order valence-corrected chi connectivity index (χ2v) is 8.12. The number of nitrogens with zero attached hydrogens (tertiary/aromatic N) is 4. The Morgan fingerprint density at radius 2 is 1.82 bits per heavy atom. The van der Waals surface area contributed by atoms with Gasteiger partial charge in [0.2, 0.25) is 10.0 Å². The highest BCUT2D eigenvalue weighted by Gasteiger charge is 2.39. The van der Waals surface area contributed by atoms with Gasteiger partial charge in [0, 0.05) is 25.2 Å². The Kier molecular flexibility index (Phi) is 3.09. The highest BCUT2D eigenvalue weighted by atomic mass is 32.2. The molecule has 0 radical (unpaired) electrons. The van der Waals surface area contributed by atoms with E-state index in [0.717, 1.165) is 11.3 Å². The molecule has 116 valence electrons. The van der Waals surface area contributed by atoms with Crippen molar-refractivity contribution in [3.63, 3.8) is 0 Å². The molecule has 6 nitrogen and oxygen atoms in total. The second kappa shape index (κ2) is 4.89. The topological polar surface area (TPSA) is 68.1 Å². The maximum atomic E-state index is 12.5. The van der Waals surface area contributed by atoms with Crippen molar-refractivity contribution in [2.24, 2.45) is 0 Å². The van der Waals surface area contributed by atoms with Gasteiger partial charge in [-0.25, -0.2) is 13.1 Å². The quantitative estimate of drug-likeness (QED) is 0.860. The molecule has 1 aromatic carbocycles. The Balaban J connectivity index is 1.46. The molecule has 2 aliphatic rings. The number of sulfonamides is 1. The molecular weight excluding hydrogens is 300 g/mol. The molecule has 22 heavy (non-hydrogen) atoms. The van der Waals surface area contributed by atoms with Crippen molar-refractivity contribution in [1.29, 1.82) is 0 Å². The summed E-state index contributed by atoms with van der Waals surface area (Å²) in [5.74, 6) is 0.571. The monoisotopic (exact) mass is 318 g/mol. The first-order valence-corrected chi connectivity index (χ1v) is 8.96. The van der Waals surface area contributed by atoms with E-state index in [-0.39, 0.29) is 6.04 Å². The summed E-state index contributed by atoms with van der Waals surface area (Å²) >= 11 is 0. The first kappa shape index (κ1) is 13.9. The van der Waals surface area contributed by atoms with Crippen molar-refractivity contribution >= 4 is 10.0 Å².